The average Bonchev–Trinajstić information content (AvgIpc) is 1.58. The van der Waals surface area contributed by atoms with Gasteiger partial charge in [-0.2, -0.15) is 35.1 Å². The number of hydrogen-bond donors (Lipinski definition) is 5. The number of nitrogens with one attached hydrogen (secondary N) is 2. The number of alkyl halides is 8. The van der Waals surface area contributed by atoms with Crippen LogP contribution in [0.3, 0.4) is 0 Å². The minimum atomic E-state index is -4.35. The van der Waals surface area contributed by atoms with Crippen molar-refractivity contribution in [3.05, 3.63) is 247 Å². The molecule has 0 saturated carbocycles. The van der Waals surface area contributed by atoms with Crippen molar-refractivity contribution in [3.63, 3.8) is 0 Å². The maximum Gasteiger partial charge on any atom is 0.401 e. The lowest BCUT2D eigenvalue weighted by Gasteiger charge is -2.32. The van der Waals surface area contributed by atoms with Crippen molar-refractivity contribution >= 4 is 29.3 Å². The summed E-state index contributed by atoms with van der Waals surface area (Å²) < 4.78 is 268. The minimum absolute atomic E-state index is 0.0000775. The Hall–Kier alpha value is -12.5. The fourth-order valence-corrected chi connectivity index (χ4v) is 15.6. The molecule has 4 bridgehead atoms. The van der Waals surface area contributed by atoms with Crippen LogP contribution in [0.4, 0.5) is 79.0 Å². The number of pyridine rings is 5. The highest BCUT2D eigenvalue weighted by atomic mass is 19.4. The van der Waals surface area contributed by atoms with E-state index in [0.717, 1.165) is 84.6 Å². The predicted molar refractivity (Wildman–Crippen MR) is 418 cm³/mol. The van der Waals surface area contributed by atoms with Crippen LogP contribution in [0, 0.1) is 64.1 Å². The van der Waals surface area contributed by atoms with E-state index in [-0.39, 0.29) is 152 Å². The summed E-state index contributed by atoms with van der Waals surface area (Å²) in [6.07, 6.45) is -6.05. The van der Waals surface area contributed by atoms with Gasteiger partial charge >= 0.3 is 19.0 Å². The van der Waals surface area contributed by atoms with Gasteiger partial charge < -0.3 is 56.3 Å². The molecule has 0 radical (unpaired) electrons. The molecule has 8 N–H and O–H groups in total. The van der Waals surface area contributed by atoms with E-state index in [1.807, 2.05) is 0 Å². The number of amides is 3. The van der Waals surface area contributed by atoms with E-state index in [1.54, 1.807) is 19.1 Å². The minimum Gasteiger partial charge on any atom is -0.473 e. The summed E-state index contributed by atoms with van der Waals surface area (Å²) in [6.45, 7) is -1.21. The Balaban J connectivity index is 0.000000136. The van der Waals surface area contributed by atoms with Crippen molar-refractivity contribution < 1.29 is 131 Å². The fraction of sp³-hybridized carbons (Fsp3) is 0.318. The smallest absolute Gasteiger partial charge is 0.401 e. The van der Waals surface area contributed by atoms with Gasteiger partial charge in [0.15, 0.2) is 11.6 Å². The Kier molecular flexibility index (Phi) is 27.9. The van der Waals surface area contributed by atoms with Gasteiger partial charge in [-0.25, -0.2) is 68.8 Å². The third kappa shape index (κ3) is 21.6. The highest BCUT2D eigenvalue weighted by molar-refractivity contribution is 5.96. The molecule has 5 aromatic heterocycles. The number of fused-ring (bicyclic) bond motifs is 13. The molecule has 2 fully saturated rings. The van der Waals surface area contributed by atoms with E-state index in [4.69, 9.17) is 40.9 Å². The van der Waals surface area contributed by atoms with Crippen LogP contribution in [0.25, 0.3) is 55.6 Å². The van der Waals surface area contributed by atoms with Gasteiger partial charge in [-0.1, -0.05) is 6.92 Å². The Morgan fingerprint density at radius 2 is 0.717 bits per heavy atom. The molecule has 5 aromatic carbocycles. The predicted octanol–water partition coefficient (Wildman–Crippen LogP) is 17.5. The third-order valence-corrected chi connectivity index (χ3v) is 21.5. The molecule has 39 heteroatoms. The number of halogens is 18. The molecule has 10 aromatic rings. The molecule has 8 atom stereocenters. The van der Waals surface area contributed by atoms with Gasteiger partial charge in [-0.05, 0) is 183 Å². The van der Waals surface area contributed by atoms with Crippen molar-refractivity contribution in [1.29, 1.82) is 0 Å². The van der Waals surface area contributed by atoms with Crippen LogP contribution in [0.1, 0.15) is 175 Å². The quantitative estimate of drug-likeness (QED) is 0.0371. The number of nitrogens with zero attached hydrogens (tertiary/aromatic N) is 5. The molecule has 17 rings (SSSR count). The van der Waals surface area contributed by atoms with Gasteiger partial charge in [-0.3, -0.25) is 24.0 Å². The third-order valence-electron chi connectivity index (χ3n) is 21.5. The van der Waals surface area contributed by atoms with E-state index in [1.165, 1.54) is 74.5 Å². The maximum atomic E-state index is 14.3. The van der Waals surface area contributed by atoms with Crippen LogP contribution in [0.15, 0.2) is 121 Å². The molecule has 2 saturated heterocycles. The number of primary amides is 3. The zero-order valence-electron chi connectivity index (χ0n) is 66.9. The largest absolute Gasteiger partial charge is 0.473 e. The van der Waals surface area contributed by atoms with Gasteiger partial charge in [-0.15, -0.1) is 0 Å². The maximum absolute atomic E-state index is 14.3. The molecule has 7 aliphatic heterocycles. The van der Waals surface area contributed by atoms with Crippen LogP contribution in [-0.4, -0.2) is 124 Å². The summed E-state index contributed by atoms with van der Waals surface area (Å²) in [6, 6.07) is 23.1. The molecule has 12 heterocycles. The summed E-state index contributed by atoms with van der Waals surface area (Å²) in [5.41, 5.74) is 23.1. The summed E-state index contributed by atoms with van der Waals surface area (Å²) in [5.74, 6) is -10.6. The molecule has 0 unspecified atom stereocenters. The number of hydrogen-bond acceptors (Lipinski definition) is 18. The van der Waals surface area contributed by atoms with E-state index < -0.39 is 126 Å². The van der Waals surface area contributed by atoms with Gasteiger partial charge in [0.05, 0.1) is 43.3 Å². The average molecular weight is 1790 g/mol. The number of carbonyl (C=O) groups is 5. The number of ether oxygens (including phenoxy) is 6. The molecule has 668 valence electrons. The number of aromatic nitrogens is 5. The van der Waals surface area contributed by atoms with Gasteiger partial charge in [0, 0.05) is 113 Å². The van der Waals surface area contributed by atoms with Gasteiger partial charge in [0.1, 0.15) is 117 Å². The van der Waals surface area contributed by atoms with Gasteiger partial charge in [0.25, 0.3) is 17.7 Å². The first-order valence-electron chi connectivity index (χ1n) is 39.3. The summed E-state index contributed by atoms with van der Waals surface area (Å²) in [7, 11) is 0. The first-order chi connectivity index (χ1) is 60.1. The Labute approximate surface area is 710 Å². The second-order valence-corrected chi connectivity index (χ2v) is 30.4. The Morgan fingerprint density at radius 3 is 1.02 bits per heavy atom. The summed E-state index contributed by atoms with van der Waals surface area (Å²) in [5, 5.41) is 4.51. The number of nitrogens with two attached hydrogens (primary N) is 3. The molecular formula is C88H74F18N10O11. The van der Waals surface area contributed by atoms with Crippen LogP contribution in [0.5, 0.6) is 17.6 Å². The van der Waals surface area contributed by atoms with Gasteiger partial charge in [0.2, 0.25) is 17.6 Å². The van der Waals surface area contributed by atoms with Crippen LogP contribution in [-0.2, 0) is 33.5 Å². The molecule has 21 nitrogen and oxygen atoms in total. The fourth-order valence-electron chi connectivity index (χ4n) is 15.6. The van der Waals surface area contributed by atoms with Crippen LogP contribution < -0.4 is 42.0 Å². The number of ketones is 2. The number of rotatable bonds is 19. The first-order valence-corrected chi connectivity index (χ1v) is 39.3. The zero-order chi connectivity index (χ0) is 91.5. The van der Waals surface area contributed by atoms with E-state index in [9.17, 15) is 103 Å². The van der Waals surface area contributed by atoms with E-state index in [2.05, 4.69) is 40.3 Å². The van der Waals surface area contributed by atoms with E-state index in [0.29, 0.717) is 72.1 Å². The SMILES string of the molecule is CC(=O)c1cc(-c2ccc(F)cc2F)c2c(n1)[C@@H]1CC[C@H]2O1.CC(=O)c1cc(-c2ccc(F)cc2F)c2c(n1)[C@H]1CC[C@@H]2O1.C[C@H]1Cc2c(-c3ccc(F)cc3F)cc(C(N)=O)nc2O[C@@H]1COC(F)F.NC(=O)c1cc(-c2ccc(F)cc2F)c2c(n1)O[C@@H](CNCC(F)(F)F)CC2.NC(=O)c1cc(-c2ccc(F)cc2F)c2c(n1)O[C@H](CNCC(F)(F)F)CC2. The molecule has 0 aliphatic carbocycles. The Bertz CT molecular complexity index is 5650. The number of Topliss-reactive ketones (excluding diaryl/α,β-unsaturated/α-hetero) is 2. The van der Waals surface area contributed by atoms with Crippen molar-refractivity contribution in [3.8, 4) is 73.3 Å². The summed E-state index contributed by atoms with van der Waals surface area (Å²) >= 11 is 0. The normalized spacial score (nSPS) is 18.9. The molecule has 3 amide bonds. The zero-order valence-corrected chi connectivity index (χ0v) is 66.9. The van der Waals surface area contributed by atoms with Crippen molar-refractivity contribution in [1.82, 2.24) is 35.6 Å². The lowest BCUT2D eigenvalue weighted by molar-refractivity contribution is -0.150. The highest BCUT2D eigenvalue weighted by Crippen LogP contribution is 2.55. The van der Waals surface area contributed by atoms with Crippen molar-refractivity contribution in [2.45, 2.75) is 140 Å². The molecule has 7 aliphatic rings. The van der Waals surface area contributed by atoms with E-state index >= 15 is 0 Å². The summed E-state index contributed by atoms with van der Waals surface area (Å²) in [4.78, 5) is 79.0. The van der Waals surface area contributed by atoms with Crippen LogP contribution >= 0.6 is 0 Å². The Morgan fingerprint density at radius 1 is 0.409 bits per heavy atom. The van der Waals surface area contributed by atoms with Crippen molar-refractivity contribution in [2.75, 3.05) is 32.8 Å². The molecular weight excluding hydrogens is 1710 g/mol. The second-order valence-electron chi connectivity index (χ2n) is 30.4. The topological polar surface area (TPSA) is 307 Å². The standard InChI is InChI=1S/2C18H16F5N3O2.C18H16F4N2O3.2C17H13F2NO2/c2*19-9-1-3-11(14(20)5-9)13-6-15(16(24)27)26-17-12(13)4-2-10(28-17)7-25-8-18(21,22)23;1-8-4-12-11(10-3-2-9(19)5-13(10)20)6-14(16(23)25)24-17(12)27-15(8)7-26-18(21)22;2*1-8(21)13-7-11(10-3-2-9(18)6-12(10)19)16-14-4-5-15(22-14)17(16)20-13/h2*1,3,5-6,10,25H,2,4,7-8H2,(H2,24,27);2-3,5-6,8,15,18H,4,7H2,1H3,(H2,23,25);2*2-3,6-7,14-15H,4-5H2,1H3/t2*10-;8-,15+;2*14-,15+/m10010/s1. The monoisotopic (exact) mass is 1790 g/mol. The lowest BCUT2D eigenvalue weighted by Crippen LogP contribution is -2.39. The molecule has 127 heavy (non-hydrogen) atoms. The lowest BCUT2D eigenvalue weighted by atomic mass is 9.88. The number of carbonyl (C=O) groups excluding carboxylic acids is 5. The number of benzene rings is 5. The highest BCUT2D eigenvalue weighted by Gasteiger charge is 2.45. The van der Waals surface area contributed by atoms with Crippen molar-refractivity contribution in [2.24, 2.45) is 23.1 Å². The van der Waals surface area contributed by atoms with Crippen LogP contribution in [0.2, 0.25) is 0 Å². The first kappa shape index (κ1) is 92.2. The second kappa shape index (κ2) is 38.4. The molecule has 0 spiro atoms.